The number of rotatable bonds is 3. The number of methoxy groups -OCH3 is 1. The number of ether oxygens (including phenoxy) is 2. The highest BCUT2D eigenvalue weighted by atomic mass is 16.6. The minimum absolute atomic E-state index is 0.00588. The molecule has 31 heavy (non-hydrogen) atoms. The summed E-state index contributed by atoms with van der Waals surface area (Å²) in [7, 11) is 1.22. The van der Waals surface area contributed by atoms with Crippen LogP contribution in [0.2, 0.25) is 0 Å². The monoisotopic (exact) mass is 434 g/mol. The van der Waals surface area contributed by atoms with Crippen LogP contribution < -0.4 is 5.32 Å². The molecule has 1 fully saturated rings. The number of amides is 3. The number of hydrogen-bond acceptors (Lipinski definition) is 6. The molecule has 0 radical (unpaired) electrons. The molecule has 3 heterocycles. The Hall–Kier alpha value is -3.50. The molecule has 1 saturated heterocycles. The molecule has 0 bridgehead atoms. The Morgan fingerprint density at radius 3 is 2.52 bits per heavy atom. The van der Waals surface area contributed by atoms with Gasteiger partial charge in [0.2, 0.25) is 5.91 Å². The second kappa shape index (κ2) is 8.32. The number of aromatic carboxylic acids is 1. The lowest BCUT2D eigenvalue weighted by Gasteiger charge is -2.43. The van der Waals surface area contributed by atoms with Crippen LogP contribution >= 0.6 is 0 Å². The van der Waals surface area contributed by atoms with E-state index in [0.717, 1.165) is 0 Å². The normalized spacial score (nSPS) is 20.8. The van der Waals surface area contributed by atoms with E-state index < -0.39 is 41.9 Å². The van der Waals surface area contributed by atoms with Crippen LogP contribution in [0.1, 0.15) is 56.0 Å². The van der Waals surface area contributed by atoms with Crippen molar-refractivity contribution in [3.63, 3.8) is 0 Å². The van der Waals surface area contributed by atoms with Gasteiger partial charge in [-0.1, -0.05) is 0 Å². The van der Waals surface area contributed by atoms with Gasteiger partial charge in [0.25, 0.3) is 0 Å². The molecule has 1 aromatic heterocycles. The van der Waals surface area contributed by atoms with Gasteiger partial charge in [0.1, 0.15) is 17.3 Å². The van der Waals surface area contributed by atoms with Crippen molar-refractivity contribution in [2.24, 2.45) is 0 Å². The zero-order chi connectivity index (χ0) is 22.9. The Morgan fingerprint density at radius 2 is 1.90 bits per heavy atom. The molecule has 0 aromatic carbocycles. The van der Waals surface area contributed by atoms with Crippen molar-refractivity contribution < 1.29 is 33.8 Å². The van der Waals surface area contributed by atoms with Crippen molar-refractivity contribution in [3.8, 4) is 0 Å². The summed E-state index contributed by atoms with van der Waals surface area (Å²) in [6.07, 6.45) is 1.43. The van der Waals surface area contributed by atoms with E-state index in [0.29, 0.717) is 25.1 Å². The molecule has 0 saturated carbocycles. The Balaban J connectivity index is 1.91. The predicted molar refractivity (Wildman–Crippen MR) is 108 cm³/mol. The Morgan fingerprint density at radius 1 is 1.19 bits per heavy atom. The maximum absolute atomic E-state index is 13.3. The number of nitrogens with one attached hydrogen (secondary N) is 1. The van der Waals surface area contributed by atoms with E-state index in [9.17, 15) is 24.3 Å². The smallest absolute Gasteiger partial charge is 0.415 e. The van der Waals surface area contributed by atoms with Crippen LogP contribution in [0.3, 0.4) is 0 Å². The highest BCUT2D eigenvalue weighted by molar-refractivity contribution is 5.89. The number of carbonyl (C=O) groups is 4. The second-order valence-corrected chi connectivity index (χ2v) is 8.24. The number of likely N-dealkylation sites (tertiary alicyclic amines) is 1. The van der Waals surface area contributed by atoms with Crippen LogP contribution in [0.5, 0.6) is 0 Å². The second-order valence-electron chi connectivity index (χ2n) is 8.24. The molecule has 2 unspecified atom stereocenters. The van der Waals surface area contributed by atoms with Crippen molar-refractivity contribution in [2.45, 2.75) is 51.4 Å². The number of carbonyl (C=O) groups excluding carboxylic acids is 3. The molecular formula is C20H26N4O7. The summed E-state index contributed by atoms with van der Waals surface area (Å²) in [5.41, 5.74) is -0.309. The average molecular weight is 434 g/mol. The van der Waals surface area contributed by atoms with Crippen LogP contribution in [0.4, 0.5) is 9.59 Å². The third-order valence-electron chi connectivity index (χ3n) is 4.92. The highest BCUT2D eigenvalue weighted by Gasteiger charge is 2.42. The van der Waals surface area contributed by atoms with Gasteiger partial charge in [-0.05, 0) is 45.7 Å². The summed E-state index contributed by atoms with van der Waals surface area (Å²) in [6.45, 7) is 5.47. The summed E-state index contributed by atoms with van der Waals surface area (Å²) in [5.74, 6) is -1.55. The first kappa shape index (κ1) is 22.2. The van der Waals surface area contributed by atoms with Gasteiger partial charge in [0, 0.05) is 18.9 Å². The third kappa shape index (κ3) is 4.49. The SMILES string of the molecule is COC(=O)N1C=Cn2c(C(=O)O)ccc2C1N1CCCC(NC(=O)OC(C)(C)C)C1=O. The molecular weight excluding hydrogens is 408 g/mol. The zero-order valence-electron chi connectivity index (χ0n) is 17.8. The summed E-state index contributed by atoms with van der Waals surface area (Å²) < 4.78 is 11.5. The number of fused-ring (bicyclic) bond motifs is 1. The van der Waals surface area contributed by atoms with E-state index in [4.69, 9.17) is 9.47 Å². The molecule has 2 aliphatic rings. The van der Waals surface area contributed by atoms with Crippen LogP contribution in [0.15, 0.2) is 18.3 Å². The van der Waals surface area contributed by atoms with E-state index in [1.807, 2.05) is 0 Å². The van der Waals surface area contributed by atoms with Gasteiger partial charge in [-0.15, -0.1) is 0 Å². The number of hydrogen-bond donors (Lipinski definition) is 2. The zero-order valence-corrected chi connectivity index (χ0v) is 17.8. The molecule has 0 aliphatic carbocycles. The lowest BCUT2D eigenvalue weighted by Crippen LogP contribution is -2.57. The van der Waals surface area contributed by atoms with Crippen LogP contribution in [0, 0.1) is 0 Å². The first-order chi connectivity index (χ1) is 14.5. The molecule has 2 N–H and O–H groups in total. The molecule has 3 rings (SSSR count). The van der Waals surface area contributed by atoms with Crippen LogP contribution in [0.25, 0.3) is 6.20 Å². The fourth-order valence-electron chi connectivity index (χ4n) is 3.68. The third-order valence-corrected chi connectivity index (χ3v) is 4.92. The fraction of sp³-hybridized carbons (Fsp3) is 0.500. The van der Waals surface area contributed by atoms with Gasteiger partial charge in [-0.25, -0.2) is 14.4 Å². The largest absolute Gasteiger partial charge is 0.477 e. The molecule has 11 heteroatoms. The predicted octanol–water partition coefficient (Wildman–Crippen LogP) is 2.21. The number of piperidine rings is 1. The summed E-state index contributed by atoms with van der Waals surface area (Å²) in [5, 5.41) is 12.0. The molecule has 2 atom stereocenters. The molecule has 2 aliphatic heterocycles. The molecule has 3 amide bonds. The van der Waals surface area contributed by atoms with E-state index in [-0.39, 0.29) is 5.69 Å². The quantitative estimate of drug-likeness (QED) is 0.746. The van der Waals surface area contributed by atoms with Gasteiger partial charge in [-0.2, -0.15) is 0 Å². The van der Waals surface area contributed by atoms with Gasteiger partial charge in [0.05, 0.1) is 12.8 Å². The number of nitrogens with zero attached hydrogens (tertiary/aromatic N) is 3. The fourth-order valence-corrected chi connectivity index (χ4v) is 3.68. The summed E-state index contributed by atoms with van der Waals surface area (Å²) in [6, 6.07) is 2.11. The van der Waals surface area contributed by atoms with Gasteiger partial charge < -0.3 is 29.4 Å². The van der Waals surface area contributed by atoms with Crippen molar-refractivity contribution in [2.75, 3.05) is 13.7 Å². The van der Waals surface area contributed by atoms with Crippen molar-refractivity contribution in [3.05, 3.63) is 29.7 Å². The van der Waals surface area contributed by atoms with Gasteiger partial charge in [-0.3, -0.25) is 9.69 Å². The summed E-state index contributed by atoms with van der Waals surface area (Å²) >= 11 is 0. The number of carboxylic acid groups (broad SMARTS) is 1. The Labute approximate surface area is 179 Å². The topological polar surface area (TPSA) is 130 Å². The standard InChI is InChI=1S/C20H26N4O7/c1-20(2,3)31-18(28)21-12-6-5-9-23(16(12)25)15-13-7-8-14(17(26)27)22(13)10-11-24(15)19(29)30-4/h7-8,10-12,15H,5-6,9H2,1-4H3,(H,21,28)(H,26,27). The molecule has 0 spiro atoms. The molecule has 11 nitrogen and oxygen atoms in total. The maximum atomic E-state index is 13.3. The number of alkyl carbamates (subject to hydrolysis) is 1. The Bertz CT molecular complexity index is 930. The first-order valence-electron chi connectivity index (χ1n) is 9.82. The maximum Gasteiger partial charge on any atom is 0.415 e. The van der Waals surface area contributed by atoms with Crippen molar-refractivity contribution >= 4 is 30.3 Å². The lowest BCUT2D eigenvalue weighted by molar-refractivity contribution is -0.142. The summed E-state index contributed by atoms with van der Waals surface area (Å²) in [4.78, 5) is 52.0. The number of aromatic nitrogens is 1. The van der Waals surface area contributed by atoms with E-state index >= 15 is 0 Å². The lowest BCUT2D eigenvalue weighted by atomic mass is 10.0. The van der Waals surface area contributed by atoms with Crippen molar-refractivity contribution in [1.29, 1.82) is 0 Å². The first-order valence-corrected chi connectivity index (χ1v) is 9.82. The van der Waals surface area contributed by atoms with E-state index in [1.165, 1.54) is 39.9 Å². The van der Waals surface area contributed by atoms with Gasteiger partial charge >= 0.3 is 18.2 Å². The minimum Gasteiger partial charge on any atom is -0.477 e. The molecule has 168 valence electrons. The van der Waals surface area contributed by atoms with Crippen LogP contribution in [-0.4, -0.2) is 68.8 Å². The minimum atomic E-state index is -1.14. The van der Waals surface area contributed by atoms with Gasteiger partial charge in [0.15, 0.2) is 6.17 Å². The van der Waals surface area contributed by atoms with E-state index in [1.54, 1.807) is 26.8 Å². The average Bonchev–Trinajstić information content (AvgIpc) is 3.11. The molecule has 1 aromatic rings. The van der Waals surface area contributed by atoms with Crippen molar-refractivity contribution in [1.82, 2.24) is 19.7 Å². The van der Waals surface area contributed by atoms with E-state index in [2.05, 4.69) is 5.32 Å². The van der Waals surface area contributed by atoms with Crippen LogP contribution in [-0.2, 0) is 14.3 Å². The highest BCUT2D eigenvalue weighted by Crippen LogP contribution is 2.34. The Kier molecular flexibility index (Phi) is 5.96. The number of carboxylic acids is 1.